The van der Waals surface area contributed by atoms with E-state index in [1.165, 1.54) is 21.7 Å². The van der Waals surface area contributed by atoms with E-state index in [9.17, 15) is 4.79 Å². The van der Waals surface area contributed by atoms with Crippen molar-refractivity contribution >= 4 is 28.8 Å². The molecule has 0 spiro atoms. The number of nitrogens with zero attached hydrogens (tertiary/aromatic N) is 3. The van der Waals surface area contributed by atoms with Crippen LogP contribution in [0.15, 0.2) is 5.51 Å². The molecule has 1 aromatic heterocycles. The molecular weight excluding hydrogens is 210 g/mol. The van der Waals surface area contributed by atoms with Crippen molar-refractivity contribution in [3.8, 4) is 6.07 Å². The van der Waals surface area contributed by atoms with Crippen LogP contribution in [-0.4, -0.2) is 29.4 Å². The smallest absolute Gasteiger partial charge is 0.267 e. The monoisotopic (exact) mass is 215 g/mol. The molecule has 0 saturated carbocycles. The first-order valence-corrected chi connectivity index (χ1v) is 4.64. The molecule has 0 aliphatic rings. The fraction of sp³-hybridized carbons (Fsp3) is 0.286. The van der Waals surface area contributed by atoms with Gasteiger partial charge in [0.15, 0.2) is 5.15 Å². The Hall–Kier alpha value is -1.12. The second-order valence-corrected chi connectivity index (χ2v) is 3.50. The van der Waals surface area contributed by atoms with E-state index in [1.54, 1.807) is 7.05 Å². The van der Waals surface area contributed by atoms with Gasteiger partial charge in [-0.2, -0.15) is 5.26 Å². The number of carbonyl (C=O) groups is 1. The van der Waals surface area contributed by atoms with Crippen molar-refractivity contribution in [1.82, 2.24) is 9.88 Å². The number of thiazole rings is 1. The third-order valence-electron chi connectivity index (χ3n) is 1.37. The van der Waals surface area contributed by atoms with Crippen molar-refractivity contribution in [3.63, 3.8) is 0 Å². The lowest BCUT2D eigenvalue weighted by Crippen LogP contribution is -2.26. The number of hydrogen-bond acceptors (Lipinski definition) is 4. The highest BCUT2D eigenvalue weighted by molar-refractivity contribution is 7.12. The first-order chi connectivity index (χ1) is 6.16. The fourth-order valence-corrected chi connectivity index (χ4v) is 1.71. The highest BCUT2D eigenvalue weighted by atomic mass is 35.5. The van der Waals surface area contributed by atoms with Crippen LogP contribution in [0.1, 0.15) is 9.67 Å². The maximum absolute atomic E-state index is 11.5. The van der Waals surface area contributed by atoms with Crippen LogP contribution in [0, 0.1) is 11.3 Å². The van der Waals surface area contributed by atoms with Crippen molar-refractivity contribution in [2.24, 2.45) is 0 Å². The average molecular weight is 216 g/mol. The number of rotatable bonds is 2. The molecule has 0 N–H and O–H groups in total. The van der Waals surface area contributed by atoms with Gasteiger partial charge in [-0.1, -0.05) is 11.6 Å². The fourth-order valence-electron chi connectivity index (χ4n) is 0.722. The lowest BCUT2D eigenvalue weighted by atomic mass is 10.4. The standard InChI is InChI=1S/C7H6ClN3OS/c1-11(3-2-9)7(12)5-6(8)10-4-13-5/h4H,3H2,1H3. The van der Waals surface area contributed by atoms with Gasteiger partial charge in [0, 0.05) is 7.05 Å². The summed E-state index contributed by atoms with van der Waals surface area (Å²) in [4.78, 5) is 16.9. The predicted octanol–water partition coefficient (Wildman–Crippen LogP) is 1.39. The number of carbonyl (C=O) groups excluding carboxylic acids is 1. The molecule has 0 atom stereocenters. The van der Waals surface area contributed by atoms with Crippen molar-refractivity contribution in [2.75, 3.05) is 13.6 Å². The zero-order valence-corrected chi connectivity index (χ0v) is 8.39. The quantitative estimate of drug-likeness (QED) is 0.701. The van der Waals surface area contributed by atoms with Gasteiger partial charge in [-0.05, 0) is 0 Å². The third kappa shape index (κ3) is 2.17. The predicted molar refractivity (Wildman–Crippen MR) is 49.7 cm³/mol. The summed E-state index contributed by atoms with van der Waals surface area (Å²) in [5, 5.41) is 8.56. The molecule has 0 aliphatic carbocycles. The van der Waals surface area contributed by atoms with Crippen LogP contribution in [0.3, 0.4) is 0 Å². The summed E-state index contributed by atoms with van der Waals surface area (Å²) in [6.45, 7) is 0.0487. The minimum Gasteiger partial charge on any atom is -0.328 e. The Morgan fingerprint density at radius 2 is 2.62 bits per heavy atom. The molecule has 0 bridgehead atoms. The summed E-state index contributed by atoms with van der Waals surface area (Å²) in [6, 6.07) is 1.88. The largest absolute Gasteiger partial charge is 0.328 e. The summed E-state index contributed by atoms with van der Waals surface area (Å²) in [7, 11) is 1.54. The van der Waals surface area contributed by atoms with Crippen LogP contribution >= 0.6 is 22.9 Å². The van der Waals surface area contributed by atoms with Gasteiger partial charge in [0.05, 0.1) is 11.6 Å². The topological polar surface area (TPSA) is 57.0 Å². The Morgan fingerprint density at radius 1 is 1.92 bits per heavy atom. The third-order valence-corrected chi connectivity index (χ3v) is 2.59. The Bertz CT molecular complexity index is 357. The number of amides is 1. The zero-order chi connectivity index (χ0) is 9.84. The maximum Gasteiger partial charge on any atom is 0.267 e. The summed E-state index contributed by atoms with van der Waals surface area (Å²) in [5.41, 5.74) is 1.50. The van der Waals surface area contributed by atoms with Crippen molar-refractivity contribution in [3.05, 3.63) is 15.5 Å². The molecule has 1 rings (SSSR count). The summed E-state index contributed by atoms with van der Waals surface area (Å²) in [5.74, 6) is -0.269. The molecule has 6 heteroatoms. The van der Waals surface area contributed by atoms with Gasteiger partial charge in [-0.25, -0.2) is 4.98 Å². The lowest BCUT2D eigenvalue weighted by molar-refractivity contribution is 0.0816. The van der Waals surface area contributed by atoms with Gasteiger partial charge in [-0.15, -0.1) is 11.3 Å². The Balaban J connectivity index is 2.81. The van der Waals surface area contributed by atoms with Crippen LogP contribution in [0.2, 0.25) is 5.15 Å². The number of aromatic nitrogens is 1. The molecule has 0 aromatic carbocycles. The van der Waals surface area contributed by atoms with Gasteiger partial charge in [0.25, 0.3) is 5.91 Å². The molecule has 13 heavy (non-hydrogen) atoms. The van der Waals surface area contributed by atoms with E-state index >= 15 is 0 Å². The van der Waals surface area contributed by atoms with Crippen LogP contribution < -0.4 is 0 Å². The molecule has 68 valence electrons. The van der Waals surface area contributed by atoms with E-state index in [0.717, 1.165) is 0 Å². The second-order valence-electron chi connectivity index (χ2n) is 2.29. The average Bonchev–Trinajstić information content (AvgIpc) is 2.50. The summed E-state index contributed by atoms with van der Waals surface area (Å²) >= 11 is 6.82. The molecule has 0 radical (unpaired) electrons. The molecule has 4 nitrogen and oxygen atoms in total. The normalized spacial score (nSPS) is 9.31. The van der Waals surface area contributed by atoms with Crippen LogP contribution in [0.5, 0.6) is 0 Å². The van der Waals surface area contributed by atoms with Gasteiger partial charge >= 0.3 is 0 Å². The summed E-state index contributed by atoms with van der Waals surface area (Å²) < 4.78 is 0. The van der Waals surface area contributed by atoms with Gasteiger partial charge in [-0.3, -0.25) is 4.79 Å². The number of hydrogen-bond donors (Lipinski definition) is 0. The minimum absolute atomic E-state index is 0.0487. The Kier molecular flexibility index (Phi) is 3.23. The van der Waals surface area contributed by atoms with E-state index < -0.39 is 0 Å². The molecule has 0 unspecified atom stereocenters. The SMILES string of the molecule is CN(CC#N)C(=O)c1scnc1Cl. The number of nitriles is 1. The zero-order valence-electron chi connectivity index (χ0n) is 6.82. The van der Waals surface area contributed by atoms with E-state index in [1.807, 2.05) is 6.07 Å². The van der Waals surface area contributed by atoms with Gasteiger partial charge in [0.1, 0.15) is 11.4 Å². The van der Waals surface area contributed by atoms with E-state index in [2.05, 4.69) is 4.98 Å². The molecule has 1 amide bonds. The van der Waals surface area contributed by atoms with Gasteiger partial charge < -0.3 is 4.90 Å². The molecule has 0 aliphatic heterocycles. The summed E-state index contributed by atoms with van der Waals surface area (Å²) in [6.07, 6.45) is 0. The van der Waals surface area contributed by atoms with Crippen molar-refractivity contribution in [1.29, 1.82) is 5.26 Å². The van der Waals surface area contributed by atoms with Crippen molar-refractivity contribution < 1.29 is 4.79 Å². The van der Waals surface area contributed by atoms with Crippen LogP contribution in [-0.2, 0) is 0 Å². The van der Waals surface area contributed by atoms with Gasteiger partial charge in [0.2, 0.25) is 0 Å². The molecule has 0 fully saturated rings. The van der Waals surface area contributed by atoms with Crippen LogP contribution in [0.25, 0.3) is 0 Å². The molecular formula is C7H6ClN3OS. The molecule has 0 saturated heterocycles. The number of halogens is 1. The maximum atomic E-state index is 11.5. The first-order valence-electron chi connectivity index (χ1n) is 3.38. The van der Waals surface area contributed by atoms with Crippen LogP contribution in [0.4, 0.5) is 0 Å². The molecule has 1 heterocycles. The minimum atomic E-state index is -0.269. The molecule has 1 aromatic rings. The second kappa shape index (κ2) is 4.21. The van der Waals surface area contributed by atoms with E-state index in [-0.39, 0.29) is 17.6 Å². The highest BCUT2D eigenvalue weighted by Gasteiger charge is 2.16. The Labute approximate surface area is 84.4 Å². The first kappa shape index (κ1) is 9.96. The Morgan fingerprint density at radius 3 is 3.08 bits per heavy atom. The highest BCUT2D eigenvalue weighted by Crippen LogP contribution is 2.19. The lowest BCUT2D eigenvalue weighted by Gasteiger charge is -2.10. The van der Waals surface area contributed by atoms with Crippen molar-refractivity contribution in [2.45, 2.75) is 0 Å². The van der Waals surface area contributed by atoms with E-state index in [0.29, 0.717) is 4.88 Å². The van der Waals surface area contributed by atoms with E-state index in [4.69, 9.17) is 16.9 Å².